The third kappa shape index (κ3) is 3.85. The Morgan fingerprint density at radius 2 is 1.59 bits per heavy atom. The van der Waals surface area contributed by atoms with E-state index in [0.717, 1.165) is 22.7 Å². The van der Waals surface area contributed by atoms with Crippen molar-refractivity contribution in [1.29, 1.82) is 0 Å². The third-order valence-corrected chi connectivity index (χ3v) is 5.03. The van der Waals surface area contributed by atoms with Crippen LogP contribution in [0.4, 0.5) is 26.3 Å². The molecule has 0 spiro atoms. The van der Waals surface area contributed by atoms with E-state index in [2.05, 4.69) is 4.98 Å². The van der Waals surface area contributed by atoms with Gasteiger partial charge in [0.15, 0.2) is 5.69 Å². The summed E-state index contributed by atoms with van der Waals surface area (Å²) in [5, 5.41) is 0. The Morgan fingerprint density at radius 3 is 2.10 bits per heavy atom. The molecule has 29 heavy (non-hydrogen) atoms. The molecule has 1 aliphatic rings. The first kappa shape index (κ1) is 21.2. The van der Waals surface area contributed by atoms with Crippen molar-refractivity contribution in [3.63, 3.8) is 0 Å². The van der Waals surface area contributed by atoms with Crippen LogP contribution in [-0.4, -0.2) is 14.0 Å². The summed E-state index contributed by atoms with van der Waals surface area (Å²) >= 11 is 0. The van der Waals surface area contributed by atoms with Gasteiger partial charge in [-0.2, -0.15) is 26.3 Å². The number of benzene rings is 1. The first-order valence-corrected chi connectivity index (χ1v) is 8.33. The maximum Gasteiger partial charge on any atom is 0.434 e. The van der Waals surface area contributed by atoms with E-state index < -0.39 is 34.6 Å². The SMILES string of the molecule is Cl.O=c1c2nc(C(F)(F)F)cn2ccn1CC1(c2ccc(C(F)(F)F)cc2)CC1. The fourth-order valence-corrected chi connectivity index (χ4v) is 3.30. The quantitative estimate of drug-likeness (QED) is 0.558. The highest BCUT2D eigenvalue weighted by atomic mass is 35.5. The lowest BCUT2D eigenvalue weighted by Crippen LogP contribution is -2.27. The highest BCUT2D eigenvalue weighted by Gasteiger charge is 2.45. The zero-order chi connectivity index (χ0) is 20.3. The van der Waals surface area contributed by atoms with Crippen LogP contribution in [0.3, 0.4) is 0 Å². The molecule has 1 fully saturated rings. The molecular weight excluding hydrogens is 424 g/mol. The van der Waals surface area contributed by atoms with Crippen molar-refractivity contribution in [2.75, 3.05) is 0 Å². The minimum Gasteiger partial charge on any atom is -0.310 e. The van der Waals surface area contributed by atoms with Crippen LogP contribution in [0.25, 0.3) is 5.65 Å². The van der Waals surface area contributed by atoms with Crippen molar-refractivity contribution < 1.29 is 26.3 Å². The number of nitrogens with zero attached hydrogens (tertiary/aromatic N) is 3. The van der Waals surface area contributed by atoms with E-state index in [9.17, 15) is 31.1 Å². The molecule has 2 aromatic heterocycles. The fraction of sp³-hybridized carbons (Fsp3) is 0.333. The van der Waals surface area contributed by atoms with Crippen LogP contribution in [0.15, 0.2) is 47.7 Å². The Hall–Kier alpha value is -2.49. The molecule has 2 heterocycles. The molecule has 0 atom stereocenters. The van der Waals surface area contributed by atoms with Crippen LogP contribution in [-0.2, 0) is 24.3 Å². The smallest absolute Gasteiger partial charge is 0.310 e. The van der Waals surface area contributed by atoms with Crippen LogP contribution < -0.4 is 5.56 Å². The molecule has 0 radical (unpaired) electrons. The van der Waals surface area contributed by atoms with Crippen molar-refractivity contribution in [3.8, 4) is 0 Å². The molecule has 0 N–H and O–H groups in total. The molecule has 11 heteroatoms. The second-order valence-electron chi connectivity index (χ2n) is 6.94. The Kier molecular flexibility index (Phi) is 4.97. The van der Waals surface area contributed by atoms with Gasteiger partial charge in [0.2, 0.25) is 5.65 Å². The molecule has 0 bridgehead atoms. The van der Waals surface area contributed by atoms with Gasteiger partial charge >= 0.3 is 12.4 Å². The molecule has 4 rings (SSSR count). The average Bonchev–Trinajstić information content (AvgIpc) is 3.24. The second-order valence-corrected chi connectivity index (χ2v) is 6.94. The van der Waals surface area contributed by atoms with Crippen LogP contribution in [0.2, 0.25) is 0 Å². The van der Waals surface area contributed by atoms with E-state index in [4.69, 9.17) is 0 Å². The largest absolute Gasteiger partial charge is 0.434 e. The first-order chi connectivity index (χ1) is 13.0. The van der Waals surface area contributed by atoms with Gasteiger partial charge in [0.05, 0.1) is 5.56 Å². The summed E-state index contributed by atoms with van der Waals surface area (Å²) in [4.78, 5) is 15.9. The van der Waals surface area contributed by atoms with E-state index in [0.29, 0.717) is 18.4 Å². The molecule has 1 saturated carbocycles. The molecule has 1 aliphatic carbocycles. The lowest BCUT2D eigenvalue weighted by molar-refractivity contribution is -0.141. The monoisotopic (exact) mass is 437 g/mol. The van der Waals surface area contributed by atoms with E-state index in [-0.39, 0.29) is 24.6 Å². The van der Waals surface area contributed by atoms with Gasteiger partial charge in [-0.05, 0) is 30.5 Å². The van der Waals surface area contributed by atoms with Crippen molar-refractivity contribution >= 4 is 18.1 Å². The summed E-state index contributed by atoms with van der Waals surface area (Å²) in [5.41, 5.74) is -2.80. The molecule has 156 valence electrons. The third-order valence-electron chi connectivity index (χ3n) is 5.03. The van der Waals surface area contributed by atoms with Crippen LogP contribution >= 0.6 is 12.4 Å². The van der Waals surface area contributed by atoms with E-state index >= 15 is 0 Å². The van der Waals surface area contributed by atoms with Crippen LogP contribution in [0, 0.1) is 0 Å². The highest BCUT2D eigenvalue weighted by Crippen LogP contribution is 2.49. The molecule has 4 nitrogen and oxygen atoms in total. The number of imidazole rings is 1. The second kappa shape index (κ2) is 6.79. The minimum atomic E-state index is -4.67. The Morgan fingerprint density at radius 1 is 0.966 bits per heavy atom. The molecule has 0 unspecified atom stereocenters. The number of aromatic nitrogens is 3. The normalized spacial score (nSPS) is 15.9. The van der Waals surface area contributed by atoms with Crippen molar-refractivity contribution in [1.82, 2.24) is 14.0 Å². The van der Waals surface area contributed by atoms with Crippen LogP contribution in [0.1, 0.15) is 29.7 Å². The molecule has 1 aromatic carbocycles. The standard InChI is InChI=1S/C18H13F6N3O.ClH/c19-17(20,21)12-3-1-11(2-4-12)16(5-6-16)10-27-8-7-26-9-13(18(22,23)24)25-14(26)15(27)28;/h1-4,7-9H,5-6,10H2;1H. The lowest BCUT2D eigenvalue weighted by atomic mass is 9.94. The summed E-state index contributed by atoms with van der Waals surface area (Å²) in [6, 6.07) is 4.75. The maximum absolute atomic E-state index is 12.8. The number of alkyl halides is 6. The number of fused-ring (bicyclic) bond motifs is 1. The van der Waals surface area contributed by atoms with Gasteiger partial charge in [-0.25, -0.2) is 4.98 Å². The van der Waals surface area contributed by atoms with Gasteiger partial charge in [0.1, 0.15) is 0 Å². The summed E-state index contributed by atoms with van der Waals surface area (Å²) in [6.45, 7) is 0.155. The number of rotatable bonds is 3. The number of hydrogen-bond acceptors (Lipinski definition) is 2. The van der Waals surface area contributed by atoms with Gasteiger partial charge in [0.25, 0.3) is 5.56 Å². The molecule has 0 amide bonds. The summed E-state index contributed by atoms with van der Waals surface area (Å²) in [6.07, 6.45) is -4.36. The van der Waals surface area contributed by atoms with Crippen molar-refractivity contribution in [3.05, 3.63) is 70.0 Å². The topological polar surface area (TPSA) is 39.3 Å². The zero-order valence-corrected chi connectivity index (χ0v) is 15.4. The Balaban J connectivity index is 0.00000240. The molecule has 0 aliphatic heterocycles. The predicted octanol–water partition coefficient (Wildman–Crippen LogP) is 4.69. The summed E-state index contributed by atoms with van der Waals surface area (Å²) in [7, 11) is 0. The zero-order valence-electron chi connectivity index (χ0n) is 14.6. The van der Waals surface area contributed by atoms with Gasteiger partial charge in [-0.1, -0.05) is 12.1 Å². The summed E-state index contributed by atoms with van der Waals surface area (Å²) < 4.78 is 78.9. The predicted molar refractivity (Wildman–Crippen MR) is 94.1 cm³/mol. The Bertz CT molecular complexity index is 1090. The first-order valence-electron chi connectivity index (χ1n) is 8.33. The number of hydrogen-bond donors (Lipinski definition) is 0. The van der Waals surface area contributed by atoms with Gasteiger partial charge in [-0.15, -0.1) is 12.4 Å². The molecule has 3 aromatic rings. The maximum atomic E-state index is 12.8. The minimum absolute atomic E-state index is 0. The van der Waals surface area contributed by atoms with E-state index in [1.807, 2.05) is 0 Å². The average molecular weight is 438 g/mol. The number of halogens is 7. The fourth-order valence-electron chi connectivity index (χ4n) is 3.30. The molecular formula is C18H14ClF6N3O. The van der Waals surface area contributed by atoms with Gasteiger partial charge in [-0.3, -0.25) is 4.79 Å². The highest BCUT2D eigenvalue weighted by molar-refractivity contribution is 5.85. The van der Waals surface area contributed by atoms with Gasteiger partial charge < -0.3 is 8.97 Å². The summed E-state index contributed by atoms with van der Waals surface area (Å²) in [5.74, 6) is 0. The van der Waals surface area contributed by atoms with Crippen molar-refractivity contribution in [2.24, 2.45) is 0 Å². The Labute approximate surface area is 166 Å². The molecule has 0 saturated heterocycles. The van der Waals surface area contributed by atoms with E-state index in [1.54, 1.807) is 0 Å². The van der Waals surface area contributed by atoms with Crippen molar-refractivity contribution in [2.45, 2.75) is 37.2 Å². The van der Waals surface area contributed by atoms with Crippen LogP contribution in [0.5, 0.6) is 0 Å². The lowest BCUT2D eigenvalue weighted by Gasteiger charge is -2.18. The van der Waals surface area contributed by atoms with E-state index in [1.165, 1.54) is 29.1 Å². The van der Waals surface area contributed by atoms with Gasteiger partial charge in [0, 0.05) is 30.6 Å².